The Bertz CT molecular complexity index is 2150. The van der Waals surface area contributed by atoms with Crippen LogP contribution >= 0.6 is 11.3 Å². The number of methoxy groups -OCH3 is 1. The van der Waals surface area contributed by atoms with Crippen LogP contribution in [0, 0.1) is 10.1 Å². The Morgan fingerprint density at radius 2 is 1.68 bits per heavy atom. The molecular formula is C36H29N3O7S. The highest BCUT2D eigenvalue weighted by molar-refractivity contribution is 7.07. The van der Waals surface area contributed by atoms with Gasteiger partial charge in [-0.3, -0.25) is 19.5 Å². The normalized spacial score (nSPS) is 14.3. The van der Waals surface area contributed by atoms with E-state index in [9.17, 15) is 19.7 Å². The van der Waals surface area contributed by atoms with Crippen molar-refractivity contribution in [1.82, 2.24) is 4.57 Å². The number of carbonyl (C=O) groups excluding carboxylic acids is 1. The number of para-hydroxylation sites is 1. The number of hydrogen-bond acceptors (Lipinski definition) is 9. The quantitative estimate of drug-likeness (QED) is 0.113. The van der Waals surface area contributed by atoms with Gasteiger partial charge in [0.05, 0.1) is 40.5 Å². The third kappa shape index (κ3) is 6.47. The highest BCUT2D eigenvalue weighted by Crippen LogP contribution is 2.35. The van der Waals surface area contributed by atoms with Crippen LogP contribution in [0.1, 0.15) is 35.2 Å². The molecule has 10 nitrogen and oxygen atoms in total. The molecule has 0 fully saturated rings. The fraction of sp³-hybridized carbons (Fsp3) is 0.139. The smallest absolute Gasteiger partial charge is 0.338 e. The second-order valence-electron chi connectivity index (χ2n) is 10.5. The SMILES string of the molecule is CCOC(=O)C1=C(c2ccccc2)N=c2s/c(=C/c3ccccc3OCc3ccc([N+](=O)[O-])cc3)c(=O)n2[C@H]1c1ccc(OC)cc1. The summed E-state index contributed by atoms with van der Waals surface area (Å²) in [6, 6.07) is 29.2. The van der Waals surface area contributed by atoms with E-state index in [-0.39, 0.29) is 30.0 Å². The summed E-state index contributed by atoms with van der Waals surface area (Å²) in [5.41, 5.74) is 3.19. The van der Waals surface area contributed by atoms with Gasteiger partial charge in [0.2, 0.25) is 0 Å². The van der Waals surface area contributed by atoms with E-state index < -0.39 is 16.9 Å². The van der Waals surface area contributed by atoms with Crippen molar-refractivity contribution in [3.05, 3.63) is 161 Å². The molecule has 0 bridgehead atoms. The summed E-state index contributed by atoms with van der Waals surface area (Å²) in [6.07, 6.45) is 1.75. The van der Waals surface area contributed by atoms with Crippen molar-refractivity contribution < 1.29 is 23.9 Å². The highest BCUT2D eigenvalue weighted by atomic mass is 32.1. The monoisotopic (exact) mass is 647 g/mol. The Labute approximate surface area is 273 Å². The average Bonchev–Trinajstić information content (AvgIpc) is 3.41. The lowest BCUT2D eigenvalue weighted by molar-refractivity contribution is -0.384. The second-order valence-corrected chi connectivity index (χ2v) is 11.5. The summed E-state index contributed by atoms with van der Waals surface area (Å²) in [5.74, 6) is 0.604. The fourth-order valence-corrected chi connectivity index (χ4v) is 6.28. The first-order chi connectivity index (χ1) is 22.9. The van der Waals surface area contributed by atoms with Crippen molar-refractivity contribution in [1.29, 1.82) is 0 Å². The molecule has 1 aliphatic rings. The molecule has 6 rings (SSSR count). The maximum Gasteiger partial charge on any atom is 0.338 e. The van der Waals surface area contributed by atoms with Gasteiger partial charge in [-0.15, -0.1) is 0 Å². The maximum atomic E-state index is 14.3. The van der Waals surface area contributed by atoms with Crippen molar-refractivity contribution in [3.63, 3.8) is 0 Å². The molecule has 0 spiro atoms. The molecule has 0 radical (unpaired) electrons. The first-order valence-corrected chi connectivity index (χ1v) is 15.6. The van der Waals surface area contributed by atoms with Crippen LogP contribution in [0.4, 0.5) is 5.69 Å². The number of esters is 1. The fourth-order valence-electron chi connectivity index (χ4n) is 5.29. The summed E-state index contributed by atoms with van der Waals surface area (Å²) < 4.78 is 18.9. The van der Waals surface area contributed by atoms with Crippen LogP contribution in [0.2, 0.25) is 0 Å². The van der Waals surface area contributed by atoms with Gasteiger partial charge < -0.3 is 14.2 Å². The summed E-state index contributed by atoms with van der Waals surface area (Å²) in [4.78, 5) is 43.8. The van der Waals surface area contributed by atoms with Gasteiger partial charge in [0.25, 0.3) is 11.2 Å². The van der Waals surface area contributed by atoms with Crippen LogP contribution in [-0.4, -0.2) is 29.2 Å². The van der Waals surface area contributed by atoms with E-state index in [1.54, 1.807) is 50.4 Å². The summed E-state index contributed by atoms with van der Waals surface area (Å²) in [7, 11) is 1.57. The number of fused-ring (bicyclic) bond motifs is 1. The number of benzene rings is 4. The van der Waals surface area contributed by atoms with Crippen LogP contribution in [0.15, 0.2) is 118 Å². The minimum Gasteiger partial charge on any atom is -0.497 e. The Morgan fingerprint density at radius 3 is 2.36 bits per heavy atom. The molecule has 4 aromatic carbocycles. The number of thiazole rings is 1. The molecule has 0 aliphatic carbocycles. The van der Waals surface area contributed by atoms with E-state index in [2.05, 4.69) is 0 Å². The molecule has 1 aliphatic heterocycles. The largest absolute Gasteiger partial charge is 0.497 e. The Balaban J connectivity index is 1.48. The number of nitro groups is 1. The minimum absolute atomic E-state index is 0.000921. The molecule has 2 heterocycles. The number of rotatable bonds is 10. The molecule has 0 saturated heterocycles. The lowest BCUT2D eigenvalue weighted by Crippen LogP contribution is -2.40. The number of aromatic nitrogens is 1. The molecule has 0 saturated carbocycles. The second kappa shape index (κ2) is 13.7. The average molecular weight is 648 g/mol. The molecule has 1 atom stereocenters. The predicted octanol–water partition coefficient (Wildman–Crippen LogP) is 5.43. The third-order valence-electron chi connectivity index (χ3n) is 7.55. The molecule has 0 N–H and O–H groups in total. The van der Waals surface area contributed by atoms with E-state index in [0.717, 1.165) is 11.1 Å². The lowest BCUT2D eigenvalue weighted by Gasteiger charge is -2.26. The van der Waals surface area contributed by atoms with Crippen LogP contribution < -0.4 is 24.4 Å². The number of non-ortho nitro benzene ring substituents is 1. The number of carbonyl (C=O) groups is 1. The third-order valence-corrected chi connectivity index (χ3v) is 8.54. The molecule has 47 heavy (non-hydrogen) atoms. The van der Waals surface area contributed by atoms with Crippen molar-refractivity contribution in [2.24, 2.45) is 4.99 Å². The van der Waals surface area contributed by atoms with Gasteiger partial charge in [-0.2, -0.15) is 0 Å². The van der Waals surface area contributed by atoms with Gasteiger partial charge in [0, 0.05) is 23.3 Å². The Hall–Kier alpha value is -5.81. The number of nitro benzene ring substituents is 1. The predicted molar refractivity (Wildman–Crippen MR) is 178 cm³/mol. The zero-order chi connectivity index (χ0) is 32.9. The van der Waals surface area contributed by atoms with Crippen LogP contribution in [0.25, 0.3) is 11.8 Å². The summed E-state index contributed by atoms with van der Waals surface area (Å²) >= 11 is 1.21. The number of ether oxygens (including phenoxy) is 3. The van der Waals surface area contributed by atoms with Gasteiger partial charge in [0.1, 0.15) is 18.1 Å². The lowest BCUT2D eigenvalue weighted by atomic mass is 9.93. The maximum absolute atomic E-state index is 14.3. The van der Waals surface area contributed by atoms with Crippen LogP contribution in [0.5, 0.6) is 11.5 Å². The zero-order valence-electron chi connectivity index (χ0n) is 25.5. The van der Waals surface area contributed by atoms with E-state index in [1.807, 2.05) is 60.7 Å². The first kappa shape index (κ1) is 31.2. The van der Waals surface area contributed by atoms with Gasteiger partial charge in [-0.1, -0.05) is 72.0 Å². The van der Waals surface area contributed by atoms with Crippen molar-refractivity contribution in [3.8, 4) is 11.5 Å². The van der Waals surface area contributed by atoms with Crippen LogP contribution in [0.3, 0.4) is 0 Å². The van der Waals surface area contributed by atoms with Crippen molar-refractivity contribution in [2.75, 3.05) is 13.7 Å². The van der Waals surface area contributed by atoms with E-state index >= 15 is 0 Å². The Morgan fingerprint density at radius 1 is 0.979 bits per heavy atom. The van der Waals surface area contributed by atoms with Gasteiger partial charge >= 0.3 is 5.97 Å². The van der Waals surface area contributed by atoms with Gasteiger partial charge in [0.15, 0.2) is 4.80 Å². The van der Waals surface area contributed by atoms with Gasteiger partial charge in [-0.05, 0) is 54.5 Å². The van der Waals surface area contributed by atoms with E-state index in [1.165, 1.54) is 28.0 Å². The van der Waals surface area contributed by atoms with Crippen LogP contribution in [-0.2, 0) is 16.1 Å². The standard InChI is InChI=1S/C36H29N3O7S/c1-3-45-35(41)31-32(24-9-5-4-6-10-24)37-36-38(33(31)25-15-19-28(44-2)20-16-25)34(40)30(47-36)21-26-11-7-8-12-29(26)46-22-23-13-17-27(18-14-23)39(42)43/h4-21,33H,3,22H2,1-2H3/b30-21+/t33-/m0/s1. The molecule has 0 amide bonds. The number of nitrogens with zero attached hydrogens (tertiary/aromatic N) is 3. The highest BCUT2D eigenvalue weighted by Gasteiger charge is 2.35. The molecule has 5 aromatic rings. The Kier molecular flexibility index (Phi) is 9.07. The summed E-state index contributed by atoms with van der Waals surface area (Å²) in [5, 5.41) is 11.0. The minimum atomic E-state index is -0.817. The molecular weight excluding hydrogens is 618 g/mol. The molecule has 236 valence electrons. The topological polar surface area (TPSA) is 122 Å². The van der Waals surface area contributed by atoms with Gasteiger partial charge in [-0.25, -0.2) is 9.79 Å². The van der Waals surface area contributed by atoms with E-state index in [4.69, 9.17) is 19.2 Å². The molecule has 11 heteroatoms. The van der Waals surface area contributed by atoms with Crippen molar-refractivity contribution in [2.45, 2.75) is 19.6 Å². The number of hydrogen-bond donors (Lipinski definition) is 0. The van der Waals surface area contributed by atoms with Crippen molar-refractivity contribution >= 4 is 34.8 Å². The summed E-state index contributed by atoms with van der Waals surface area (Å²) in [6.45, 7) is 2.06. The van der Waals surface area contributed by atoms with E-state index in [0.29, 0.717) is 37.7 Å². The zero-order valence-corrected chi connectivity index (χ0v) is 26.3. The molecule has 0 unspecified atom stereocenters. The molecule has 1 aromatic heterocycles. The first-order valence-electron chi connectivity index (χ1n) is 14.8.